The number of nitrogens with zero attached hydrogens (tertiary/aromatic N) is 4. The molecule has 5 heterocycles. The Morgan fingerprint density at radius 1 is 0.745 bits per heavy atom. The molecule has 1 unspecified atom stereocenters. The van der Waals surface area contributed by atoms with Crippen LogP contribution in [0.4, 0.5) is 0 Å². The molecule has 1 atom stereocenters. The maximum atomic E-state index is 8.24. The monoisotopic (exact) mass is 708 g/mol. The molecule has 0 aliphatic carbocycles. The lowest BCUT2D eigenvalue weighted by Crippen LogP contribution is -2.29. The highest BCUT2D eigenvalue weighted by Crippen LogP contribution is 2.44. The van der Waals surface area contributed by atoms with Gasteiger partial charge in [0.2, 0.25) is 0 Å². The molecule has 2 aliphatic rings. The molecule has 0 radical (unpaired) electrons. The van der Waals surface area contributed by atoms with Crippen LogP contribution in [0.3, 0.4) is 0 Å². The zero-order valence-electron chi connectivity index (χ0n) is 30.1. The standard InChI is InChI=1S/C49H36N6/c1-2-10-33(29-50)41-25-35(34-12-9-23-51-30-34)27-46(52-41)55-42-16-7-6-15-38(42)40-28-37(19-21-43(40)55)54-44-17-8-11-31-18-20-39-48(47(31)44)45(54)26-32-22-24-53(49(32)39)36-13-4-3-5-14-36/h2-8,10-22,24-30,46,50,52H,1,9,23H2/b33-10+,50-29?. The van der Waals surface area contributed by atoms with Gasteiger partial charge in [-0.3, -0.25) is 4.99 Å². The number of aliphatic imine (C=N–C) groups is 1. The largest absolute Gasteiger partial charge is 0.361 e. The molecule has 9 aromatic rings. The third kappa shape index (κ3) is 4.68. The smallest absolute Gasteiger partial charge is 0.124 e. The van der Waals surface area contributed by atoms with Crippen LogP contribution in [0.25, 0.3) is 76.7 Å². The lowest BCUT2D eigenvalue weighted by molar-refractivity contribution is 0.558. The fourth-order valence-corrected chi connectivity index (χ4v) is 9.04. The predicted octanol–water partition coefficient (Wildman–Crippen LogP) is 11.5. The second-order valence-corrected chi connectivity index (χ2v) is 14.4. The predicted molar refractivity (Wildman–Crippen MR) is 231 cm³/mol. The lowest BCUT2D eigenvalue weighted by atomic mass is 9.97. The SMILES string of the molecule is C=C/C=C(\C=N)C1=CC(C2=CCCN=C2)=CC(n2c3ccccc3c3cc(-n4c5cccc6ccc7c(c65)c4cc4ccn(-c5ccccc5)c47)ccc32)N1. The summed E-state index contributed by atoms with van der Waals surface area (Å²) in [6.07, 6.45) is 16.6. The van der Waals surface area contributed by atoms with Gasteiger partial charge in [0.1, 0.15) is 6.17 Å². The Morgan fingerprint density at radius 3 is 2.45 bits per heavy atom. The normalized spacial score (nSPS) is 16.3. The molecule has 2 N–H and O–H groups in total. The Morgan fingerprint density at radius 2 is 1.60 bits per heavy atom. The van der Waals surface area contributed by atoms with Gasteiger partial charge in [-0.1, -0.05) is 85.5 Å². The Hall–Kier alpha value is -7.18. The van der Waals surface area contributed by atoms with E-state index in [0.717, 1.165) is 57.8 Å². The summed E-state index contributed by atoms with van der Waals surface area (Å²) in [7, 11) is 0. The minimum atomic E-state index is -0.215. The van der Waals surface area contributed by atoms with Crippen molar-refractivity contribution in [2.24, 2.45) is 4.99 Å². The first-order valence-corrected chi connectivity index (χ1v) is 18.8. The van der Waals surface area contributed by atoms with Crippen LogP contribution in [-0.2, 0) is 0 Å². The third-order valence-corrected chi connectivity index (χ3v) is 11.4. The highest BCUT2D eigenvalue weighted by molar-refractivity contribution is 6.29. The first-order chi connectivity index (χ1) is 27.2. The fraction of sp³-hybridized carbons (Fsp3) is 0.0612. The number of rotatable bonds is 7. The summed E-state index contributed by atoms with van der Waals surface area (Å²) < 4.78 is 7.17. The molecule has 3 aromatic heterocycles. The summed E-state index contributed by atoms with van der Waals surface area (Å²) in [6, 6.07) is 42.1. The van der Waals surface area contributed by atoms with E-state index in [0.29, 0.717) is 0 Å². The second kappa shape index (κ2) is 12.2. The topological polar surface area (TPSA) is 63.0 Å². The van der Waals surface area contributed by atoms with E-state index < -0.39 is 0 Å². The van der Waals surface area contributed by atoms with Crippen molar-refractivity contribution in [1.82, 2.24) is 19.0 Å². The average molecular weight is 709 g/mol. The first kappa shape index (κ1) is 31.4. The number of allylic oxidation sites excluding steroid dienone is 6. The van der Waals surface area contributed by atoms with E-state index in [1.807, 2.05) is 12.3 Å². The Balaban J connectivity index is 1.14. The van der Waals surface area contributed by atoms with Gasteiger partial charge < -0.3 is 24.4 Å². The van der Waals surface area contributed by atoms with E-state index in [1.54, 1.807) is 6.08 Å². The van der Waals surface area contributed by atoms with Gasteiger partial charge in [0, 0.05) is 80.1 Å². The molecule has 6 aromatic carbocycles. The number of dihydropyridines is 2. The van der Waals surface area contributed by atoms with Crippen LogP contribution < -0.4 is 5.32 Å². The first-order valence-electron chi connectivity index (χ1n) is 18.8. The number of hydrogen-bond donors (Lipinski definition) is 2. The van der Waals surface area contributed by atoms with Crippen LogP contribution in [0.15, 0.2) is 186 Å². The van der Waals surface area contributed by atoms with E-state index in [9.17, 15) is 0 Å². The number of benzene rings is 6. The van der Waals surface area contributed by atoms with Crippen molar-refractivity contribution in [3.8, 4) is 11.4 Å². The van der Waals surface area contributed by atoms with Crippen LogP contribution >= 0.6 is 0 Å². The summed E-state index contributed by atoms with van der Waals surface area (Å²) >= 11 is 0. The molecule has 11 rings (SSSR count). The van der Waals surface area contributed by atoms with Gasteiger partial charge in [-0.15, -0.1) is 0 Å². The van der Waals surface area contributed by atoms with E-state index in [4.69, 9.17) is 5.41 Å². The molecule has 0 spiro atoms. The molecule has 0 bridgehead atoms. The number of aromatic nitrogens is 3. The van der Waals surface area contributed by atoms with Crippen molar-refractivity contribution in [2.75, 3.05) is 6.54 Å². The zero-order valence-corrected chi connectivity index (χ0v) is 30.1. The third-order valence-electron chi connectivity index (χ3n) is 11.4. The van der Waals surface area contributed by atoms with Crippen LogP contribution in [0.1, 0.15) is 12.6 Å². The Bertz CT molecular complexity index is 3210. The minimum Gasteiger partial charge on any atom is -0.361 e. The average Bonchev–Trinajstić information content (AvgIpc) is 3.93. The zero-order chi connectivity index (χ0) is 36.6. The van der Waals surface area contributed by atoms with Gasteiger partial charge >= 0.3 is 0 Å². The van der Waals surface area contributed by atoms with Crippen LogP contribution in [0.5, 0.6) is 0 Å². The molecule has 6 heteroatoms. The van der Waals surface area contributed by atoms with Crippen LogP contribution in [0.2, 0.25) is 0 Å². The van der Waals surface area contributed by atoms with Gasteiger partial charge in [0.25, 0.3) is 0 Å². The molecule has 0 saturated carbocycles. The number of hydrogen-bond acceptors (Lipinski definition) is 3. The summed E-state index contributed by atoms with van der Waals surface area (Å²) in [5.74, 6) is 0. The van der Waals surface area contributed by atoms with Crippen LogP contribution in [0, 0.1) is 5.41 Å². The Labute approximate surface area is 317 Å². The second-order valence-electron chi connectivity index (χ2n) is 14.4. The maximum Gasteiger partial charge on any atom is 0.124 e. The summed E-state index contributed by atoms with van der Waals surface area (Å²) in [4.78, 5) is 4.60. The molecule has 262 valence electrons. The summed E-state index contributed by atoms with van der Waals surface area (Å²) in [5.41, 5.74) is 12.0. The van der Waals surface area contributed by atoms with Crippen molar-refractivity contribution in [3.63, 3.8) is 0 Å². The minimum absolute atomic E-state index is 0.215. The van der Waals surface area contributed by atoms with E-state index in [-0.39, 0.29) is 6.17 Å². The lowest BCUT2D eigenvalue weighted by Gasteiger charge is -2.28. The highest BCUT2D eigenvalue weighted by Gasteiger charge is 2.25. The van der Waals surface area contributed by atoms with Gasteiger partial charge in [-0.25, -0.2) is 0 Å². The van der Waals surface area contributed by atoms with E-state index in [2.05, 4.69) is 170 Å². The van der Waals surface area contributed by atoms with Crippen molar-refractivity contribution in [3.05, 3.63) is 181 Å². The number of nitrogens with one attached hydrogen (secondary N) is 2. The molecule has 0 saturated heterocycles. The summed E-state index contributed by atoms with van der Waals surface area (Å²) in [6.45, 7) is 4.73. The van der Waals surface area contributed by atoms with Gasteiger partial charge in [0.15, 0.2) is 0 Å². The Kier molecular flexibility index (Phi) is 6.95. The molecule has 55 heavy (non-hydrogen) atoms. The quantitative estimate of drug-likeness (QED) is 0.0966. The molecule has 6 nitrogen and oxygen atoms in total. The van der Waals surface area contributed by atoms with Crippen molar-refractivity contribution in [1.29, 1.82) is 5.41 Å². The van der Waals surface area contributed by atoms with Gasteiger partial charge in [-0.05, 0) is 89.7 Å². The molecular weight excluding hydrogens is 673 g/mol. The van der Waals surface area contributed by atoms with Crippen LogP contribution in [-0.4, -0.2) is 32.7 Å². The van der Waals surface area contributed by atoms with E-state index >= 15 is 0 Å². The fourth-order valence-electron chi connectivity index (χ4n) is 9.04. The summed E-state index contributed by atoms with van der Waals surface area (Å²) in [5, 5.41) is 20.7. The number of fused-ring (bicyclic) bond motifs is 5. The molecule has 0 fully saturated rings. The number of para-hydroxylation sites is 2. The van der Waals surface area contributed by atoms with E-state index in [1.165, 1.54) is 60.5 Å². The van der Waals surface area contributed by atoms with Crippen molar-refractivity contribution < 1.29 is 0 Å². The molecule has 2 aliphatic heterocycles. The van der Waals surface area contributed by atoms with Gasteiger partial charge in [-0.2, -0.15) is 0 Å². The highest BCUT2D eigenvalue weighted by atomic mass is 15.2. The molecular formula is C49H36N6. The van der Waals surface area contributed by atoms with Crippen molar-refractivity contribution >= 4 is 77.7 Å². The maximum absolute atomic E-state index is 8.24. The van der Waals surface area contributed by atoms with Gasteiger partial charge in [0.05, 0.1) is 27.6 Å². The molecule has 0 amide bonds. The van der Waals surface area contributed by atoms with Crippen molar-refractivity contribution in [2.45, 2.75) is 12.6 Å².